The molecule has 6 nitrogen and oxygen atoms in total. The number of oxazole rings is 1. The highest BCUT2D eigenvalue weighted by atomic mass is 79.9. The highest BCUT2D eigenvalue weighted by Crippen LogP contribution is 2.32. The summed E-state index contributed by atoms with van der Waals surface area (Å²) >= 11 is 3.40. The highest BCUT2D eigenvalue weighted by molar-refractivity contribution is 9.10. The van der Waals surface area contributed by atoms with E-state index in [1.807, 2.05) is 6.07 Å². The predicted molar refractivity (Wildman–Crippen MR) is 71.1 cm³/mol. The molecule has 0 spiro atoms. The number of rotatable bonds is 1. The maximum Gasteiger partial charge on any atom is 0.417 e. The van der Waals surface area contributed by atoms with Crippen molar-refractivity contribution >= 4 is 32.8 Å². The van der Waals surface area contributed by atoms with Crippen LogP contribution in [-0.2, 0) is 7.05 Å². The lowest BCUT2D eigenvalue weighted by Crippen LogP contribution is -1.97. The molecule has 0 unspecified atom stereocenters. The van der Waals surface area contributed by atoms with Crippen LogP contribution in [0, 0.1) is 0 Å². The zero-order valence-electron chi connectivity index (χ0n) is 9.40. The molecule has 0 aliphatic heterocycles. The smallest absolute Gasteiger partial charge is 0.408 e. The molecule has 3 N–H and O–H groups in total. The lowest BCUT2D eigenvalue weighted by molar-refractivity contribution is 0.555. The first-order valence-electron chi connectivity index (χ1n) is 5.17. The van der Waals surface area contributed by atoms with Crippen LogP contribution < -0.4 is 11.5 Å². The number of aromatic nitrogens is 3. The summed E-state index contributed by atoms with van der Waals surface area (Å²) in [7, 11) is 1.77. The number of nitrogens with two attached hydrogens (primary N) is 1. The maximum absolute atomic E-state index is 11.1. The first-order valence-corrected chi connectivity index (χ1v) is 5.97. The average Bonchev–Trinajstić information content (AvgIpc) is 2.82. The second-order valence-corrected chi connectivity index (χ2v) is 4.69. The summed E-state index contributed by atoms with van der Waals surface area (Å²) in [5.41, 5.74) is 8.55. The Morgan fingerprint density at radius 1 is 1.50 bits per heavy atom. The van der Waals surface area contributed by atoms with E-state index >= 15 is 0 Å². The number of nitrogen functional groups attached to an aromatic ring is 1. The molecule has 0 saturated heterocycles. The van der Waals surface area contributed by atoms with Crippen LogP contribution >= 0.6 is 15.9 Å². The number of aromatic amines is 1. The number of aryl methyl sites for hydroxylation is 1. The Balaban J connectivity index is 2.24. The second kappa shape index (κ2) is 3.74. The number of halogens is 1. The number of benzene rings is 1. The summed E-state index contributed by atoms with van der Waals surface area (Å²) < 4.78 is 7.26. The summed E-state index contributed by atoms with van der Waals surface area (Å²) in [5.74, 6) is 0.0764. The van der Waals surface area contributed by atoms with Crippen LogP contribution in [0.3, 0.4) is 0 Å². The number of anilines is 1. The molecule has 92 valence electrons. The minimum Gasteiger partial charge on any atom is -0.408 e. The molecule has 0 fully saturated rings. The van der Waals surface area contributed by atoms with E-state index in [1.54, 1.807) is 23.9 Å². The standard InChI is InChI=1S/C11H9BrN4O2/c1-16-10(13)8(12)9(15-16)5-2-3-7-6(4-5)14-11(17)18-7/h2-4H,13H2,1H3,(H,14,17). The van der Waals surface area contributed by atoms with Crippen molar-refractivity contribution in [1.29, 1.82) is 0 Å². The third-order valence-corrected chi connectivity index (χ3v) is 3.51. The largest absolute Gasteiger partial charge is 0.417 e. The Labute approximate surface area is 110 Å². The Hall–Kier alpha value is -2.02. The molecule has 0 amide bonds. The summed E-state index contributed by atoms with van der Waals surface area (Å²) in [6.07, 6.45) is 0. The molecular weight excluding hydrogens is 300 g/mol. The van der Waals surface area contributed by atoms with Crippen LogP contribution in [0.15, 0.2) is 31.9 Å². The van der Waals surface area contributed by atoms with E-state index in [9.17, 15) is 4.79 Å². The monoisotopic (exact) mass is 308 g/mol. The normalized spacial score (nSPS) is 11.2. The van der Waals surface area contributed by atoms with Gasteiger partial charge in [-0.25, -0.2) is 4.79 Å². The third-order valence-electron chi connectivity index (χ3n) is 2.72. The third kappa shape index (κ3) is 1.55. The molecule has 7 heteroatoms. The first kappa shape index (κ1) is 11.1. The maximum atomic E-state index is 11.1. The van der Waals surface area contributed by atoms with Crippen molar-refractivity contribution in [2.75, 3.05) is 5.73 Å². The SMILES string of the molecule is Cn1nc(-c2ccc3oc(=O)[nH]c3c2)c(Br)c1N. The average molecular weight is 309 g/mol. The summed E-state index contributed by atoms with van der Waals surface area (Å²) in [6.45, 7) is 0. The molecule has 1 aromatic carbocycles. The van der Waals surface area contributed by atoms with Crippen LogP contribution in [0.4, 0.5) is 5.82 Å². The van der Waals surface area contributed by atoms with Crippen LogP contribution in [0.25, 0.3) is 22.4 Å². The number of hydrogen-bond donors (Lipinski definition) is 2. The van der Waals surface area contributed by atoms with Crippen molar-refractivity contribution in [3.63, 3.8) is 0 Å². The van der Waals surface area contributed by atoms with E-state index in [2.05, 4.69) is 26.0 Å². The molecule has 2 heterocycles. The molecule has 3 aromatic rings. The minimum absolute atomic E-state index is 0.471. The van der Waals surface area contributed by atoms with Gasteiger partial charge in [0.05, 0.1) is 9.99 Å². The van der Waals surface area contributed by atoms with Crippen molar-refractivity contribution in [2.45, 2.75) is 0 Å². The molecule has 0 saturated carbocycles. The van der Waals surface area contributed by atoms with Crippen molar-refractivity contribution < 1.29 is 4.42 Å². The van der Waals surface area contributed by atoms with Crippen LogP contribution in [0.2, 0.25) is 0 Å². The number of H-pyrrole nitrogens is 1. The molecule has 0 bridgehead atoms. The van der Waals surface area contributed by atoms with Gasteiger partial charge >= 0.3 is 5.76 Å². The number of nitrogens with zero attached hydrogens (tertiary/aromatic N) is 2. The Morgan fingerprint density at radius 3 is 2.94 bits per heavy atom. The molecule has 0 aliphatic carbocycles. The van der Waals surface area contributed by atoms with Crippen LogP contribution in [0.1, 0.15) is 0 Å². The second-order valence-electron chi connectivity index (χ2n) is 3.90. The fourth-order valence-electron chi connectivity index (χ4n) is 1.79. The van der Waals surface area contributed by atoms with Gasteiger partial charge in [0.1, 0.15) is 11.5 Å². The molecule has 0 radical (unpaired) electrons. The van der Waals surface area contributed by atoms with Crippen molar-refractivity contribution in [3.05, 3.63) is 33.2 Å². The molecular formula is C11H9BrN4O2. The van der Waals surface area contributed by atoms with Crippen molar-refractivity contribution in [2.24, 2.45) is 7.05 Å². The fourth-order valence-corrected chi connectivity index (χ4v) is 2.36. The lowest BCUT2D eigenvalue weighted by atomic mass is 10.1. The van der Waals surface area contributed by atoms with Gasteiger partial charge in [-0.1, -0.05) is 0 Å². The fraction of sp³-hybridized carbons (Fsp3) is 0.0909. The Kier molecular flexibility index (Phi) is 2.30. The summed E-state index contributed by atoms with van der Waals surface area (Å²) in [4.78, 5) is 13.7. The summed E-state index contributed by atoms with van der Waals surface area (Å²) in [5, 5.41) is 4.32. The van der Waals surface area contributed by atoms with Crippen molar-refractivity contribution in [3.8, 4) is 11.3 Å². The van der Waals surface area contributed by atoms with Crippen molar-refractivity contribution in [1.82, 2.24) is 14.8 Å². The van der Waals surface area contributed by atoms with Gasteiger partial charge in [-0.3, -0.25) is 9.67 Å². The van der Waals surface area contributed by atoms with E-state index in [-0.39, 0.29) is 0 Å². The van der Waals surface area contributed by atoms with E-state index in [1.165, 1.54) is 0 Å². The first-order chi connectivity index (χ1) is 8.56. The lowest BCUT2D eigenvalue weighted by Gasteiger charge is -1.97. The van der Waals surface area contributed by atoms with Gasteiger partial charge in [-0.05, 0) is 34.1 Å². The van der Waals surface area contributed by atoms with Gasteiger partial charge in [0, 0.05) is 12.6 Å². The summed E-state index contributed by atoms with van der Waals surface area (Å²) in [6, 6.07) is 5.35. The highest BCUT2D eigenvalue weighted by Gasteiger charge is 2.14. The molecule has 2 aromatic heterocycles. The van der Waals surface area contributed by atoms with Gasteiger partial charge in [-0.2, -0.15) is 5.10 Å². The van der Waals surface area contributed by atoms with Gasteiger partial charge in [-0.15, -0.1) is 0 Å². The van der Waals surface area contributed by atoms with Gasteiger partial charge in [0.2, 0.25) is 0 Å². The topological polar surface area (TPSA) is 89.8 Å². The van der Waals surface area contributed by atoms with E-state index < -0.39 is 5.76 Å². The predicted octanol–water partition coefficient (Wildman–Crippen LogP) is 1.87. The minimum atomic E-state index is -0.471. The number of hydrogen-bond acceptors (Lipinski definition) is 4. The molecule has 0 atom stereocenters. The molecule has 18 heavy (non-hydrogen) atoms. The van der Waals surface area contributed by atoms with Crippen LogP contribution in [0.5, 0.6) is 0 Å². The Bertz CT molecular complexity index is 799. The van der Waals surface area contributed by atoms with Gasteiger partial charge < -0.3 is 10.2 Å². The van der Waals surface area contributed by atoms with E-state index in [0.717, 1.165) is 15.7 Å². The van der Waals surface area contributed by atoms with Gasteiger partial charge in [0.15, 0.2) is 5.58 Å². The molecule has 3 rings (SSSR count). The van der Waals surface area contributed by atoms with E-state index in [0.29, 0.717) is 16.9 Å². The van der Waals surface area contributed by atoms with Gasteiger partial charge in [0.25, 0.3) is 0 Å². The Morgan fingerprint density at radius 2 is 2.28 bits per heavy atom. The van der Waals surface area contributed by atoms with Crippen LogP contribution in [-0.4, -0.2) is 14.8 Å². The zero-order chi connectivity index (χ0) is 12.9. The molecule has 0 aliphatic rings. The number of nitrogens with one attached hydrogen (secondary N) is 1. The number of fused-ring (bicyclic) bond motifs is 1. The van der Waals surface area contributed by atoms with E-state index in [4.69, 9.17) is 10.2 Å². The quantitative estimate of drug-likeness (QED) is 0.718. The zero-order valence-corrected chi connectivity index (χ0v) is 11.0.